The zero-order chi connectivity index (χ0) is 8.10. The Hall–Kier alpha value is -1.04. The van der Waals surface area contributed by atoms with Crippen molar-refractivity contribution in [2.24, 2.45) is 0 Å². The van der Waals surface area contributed by atoms with Gasteiger partial charge in [0.1, 0.15) is 0 Å². The van der Waals surface area contributed by atoms with Crippen LogP contribution in [0.5, 0.6) is 0 Å². The van der Waals surface area contributed by atoms with Gasteiger partial charge in [0.05, 0.1) is 0 Å². The van der Waals surface area contributed by atoms with E-state index in [0.717, 1.165) is 6.42 Å². The van der Waals surface area contributed by atoms with E-state index in [1.165, 1.54) is 11.1 Å². The summed E-state index contributed by atoms with van der Waals surface area (Å²) in [7, 11) is 0. The average molecular weight is 145 g/mol. The summed E-state index contributed by atoms with van der Waals surface area (Å²) in [5, 5.41) is 0. The second kappa shape index (κ2) is 3.97. The molecule has 1 aromatic rings. The van der Waals surface area contributed by atoms with E-state index in [0.29, 0.717) is 0 Å². The summed E-state index contributed by atoms with van der Waals surface area (Å²) in [5.41, 5.74) is 2.59. The fraction of sp³-hybridized carbons (Fsp3) is 0.182. The van der Waals surface area contributed by atoms with Crippen molar-refractivity contribution in [1.29, 1.82) is 0 Å². The first-order valence-electron chi connectivity index (χ1n) is 3.88. The lowest BCUT2D eigenvalue weighted by Gasteiger charge is -2.01. The van der Waals surface area contributed by atoms with Gasteiger partial charge in [-0.15, -0.1) is 0 Å². The highest BCUT2D eigenvalue weighted by atomic mass is 14.0. The molecular weight excluding hydrogens is 132 g/mol. The second-order valence-electron chi connectivity index (χ2n) is 2.43. The van der Waals surface area contributed by atoms with E-state index in [4.69, 9.17) is 0 Å². The van der Waals surface area contributed by atoms with Crippen molar-refractivity contribution in [2.75, 3.05) is 0 Å². The Morgan fingerprint density at radius 2 is 2.00 bits per heavy atom. The summed E-state index contributed by atoms with van der Waals surface area (Å²) >= 11 is 0. The second-order valence-corrected chi connectivity index (χ2v) is 2.43. The Kier molecular flexibility index (Phi) is 2.91. The number of benzene rings is 1. The van der Waals surface area contributed by atoms with Crippen molar-refractivity contribution < 1.29 is 0 Å². The molecule has 1 radical (unpaired) electrons. The van der Waals surface area contributed by atoms with Crippen molar-refractivity contribution in [3.63, 3.8) is 0 Å². The molecule has 1 rings (SSSR count). The lowest BCUT2D eigenvalue weighted by atomic mass is 10.0. The zero-order valence-corrected chi connectivity index (χ0v) is 6.88. The molecule has 0 heteroatoms. The first kappa shape index (κ1) is 8.06. The van der Waals surface area contributed by atoms with Crippen LogP contribution in [-0.2, 0) is 0 Å². The van der Waals surface area contributed by atoms with Crippen molar-refractivity contribution >= 4 is 5.57 Å². The number of hydrogen-bond acceptors (Lipinski definition) is 0. The molecular formula is C11H13. The van der Waals surface area contributed by atoms with E-state index in [1.807, 2.05) is 13.0 Å². The summed E-state index contributed by atoms with van der Waals surface area (Å²) in [6.07, 6.45) is 2.98. The maximum absolute atomic E-state index is 3.86. The van der Waals surface area contributed by atoms with Crippen LogP contribution in [0.15, 0.2) is 36.4 Å². The Balaban J connectivity index is 2.92. The quantitative estimate of drug-likeness (QED) is 0.599. The van der Waals surface area contributed by atoms with Gasteiger partial charge < -0.3 is 0 Å². The molecule has 0 N–H and O–H groups in total. The van der Waals surface area contributed by atoms with Crippen LogP contribution in [0.2, 0.25) is 0 Å². The van der Waals surface area contributed by atoms with E-state index in [-0.39, 0.29) is 0 Å². The first-order valence-corrected chi connectivity index (χ1v) is 3.88. The monoisotopic (exact) mass is 145 g/mol. The van der Waals surface area contributed by atoms with E-state index >= 15 is 0 Å². The van der Waals surface area contributed by atoms with Crippen LogP contribution in [0.4, 0.5) is 0 Å². The number of rotatable bonds is 2. The third-order valence-corrected chi connectivity index (χ3v) is 1.76. The largest absolute Gasteiger partial charge is 0.0838 e. The normalized spacial score (nSPS) is 11.6. The molecule has 0 heterocycles. The molecule has 0 saturated heterocycles. The minimum absolute atomic E-state index is 0.862. The third kappa shape index (κ3) is 1.94. The van der Waals surface area contributed by atoms with Gasteiger partial charge in [-0.1, -0.05) is 36.4 Å². The Labute approximate surface area is 68.6 Å². The summed E-state index contributed by atoms with van der Waals surface area (Å²) in [4.78, 5) is 0. The average Bonchev–Trinajstić information content (AvgIpc) is 2.09. The molecule has 0 fully saturated rings. The van der Waals surface area contributed by atoms with E-state index in [9.17, 15) is 0 Å². The molecule has 11 heavy (non-hydrogen) atoms. The van der Waals surface area contributed by atoms with Crippen LogP contribution in [-0.4, -0.2) is 0 Å². The number of allylic oxidation sites excluding steroid dienone is 2. The van der Waals surface area contributed by atoms with Crippen molar-refractivity contribution in [1.82, 2.24) is 0 Å². The van der Waals surface area contributed by atoms with Crippen LogP contribution >= 0.6 is 0 Å². The van der Waals surface area contributed by atoms with Crippen LogP contribution in [0.3, 0.4) is 0 Å². The minimum atomic E-state index is 0.862. The molecule has 0 nitrogen and oxygen atoms in total. The Morgan fingerprint density at radius 1 is 1.36 bits per heavy atom. The van der Waals surface area contributed by atoms with Gasteiger partial charge in [-0.25, -0.2) is 0 Å². The van der Waals surface area contributed by atoms with E-state index < -0.39 is 0 Å². The highest BCUT2D eigenvalue weighted by Crippen LogP contribution is 2.16. The van der Waals surface area contributed by atoms with Gasteiger partial charge in [-0.05, 0) is 31.4 Å². The fourth-order valence-electron chi connectivity index (χ4n) is 1.11. The highest BCUT2D eigenvalue weighted by molar-refractivity contribution is 5.65. The minimum Gasteiger partial charge on any atom is -0.0838 e. The third-order valence-electron chi connectivity index (χ3n) is 1.76. The molecule has 0 bridgehead atoms. The maximum Gasteiger partial charge on any atom is -0.0228 e. The Bertz CT molecular complexity index is 231. The summed E-state index contributed by atoms with van der Waals surface area (Å²) in [6, 6.07) is 10.4. The lowest BCUT2D eigenvalue weighted by Crippen LogP contribution is -1.79. The highest BCUT2D eigenvalue weighted by Gasteiger charge is 1.93. The van der Waals surface area contributed by atoms with Crippen LogP contribution in [0, 0.1) is 6.92 Å². The molecule has 1 aromatic carbocycles. The van der Waals surface area contributed by atoms with E-state index in [2.05, 4.69) is 37.3 Å². The molecule has 0 aliphatic heterocycles. The molecule has 0 saturated carbocycles. The first-order chi connectivity index (χ1) is 5.38. The van der Waals surface area contributed by atoms with Crippen LogP contribution in [0.25, 0.3) is 5.57 Å². The molecule has 0 atom stereocenters. The molecule has 0 unspecified atom stereocenters. The van der Waals surface area contributed by atoms with Crippen LogP contribution in [0.1, 0.15) is 18.9 Å². The molecule has 57 valence electrons. The zero-order valence-electron chi connectivity index (χ0n) is 6.88. The lowest BCUT2D eigenvalue weighted by molar-refractivity contribution is 1.38. The molecule has 0 aromatic heterocycles. The predicted molar refractivity (Wildman–Crippen MR) is 50.1 cm³/mol. The SMILES string of the molecule is [CH2]CC(=CC)c1ccccc1. The topological polar surface area (TPSA) is 0 Å². The standard InChI is InChI=1S/C11H13/c1-3-10(4-2)11-8-6-5-7-9-11/h4-9H,1,3H2,2H3. The van der Waals surface area contributed by atoms with E-state index in [1.54, 1.807) is 0 Å². The van der Waals surface area contributed by atoms with Gasteiger partial charge in [-0.3, -0.25) is 0 Å². The van der Waals surface area contributed by atoms with Gasteiger partial charge in [0.15, 0.2) is 0 Å². The van der Waals surface area contributed by atoms with Gasteiger partial charge in [0.25, 0.3) is 0 Å². The molecule has 0 aliphatic rings. The van der Waals surface area contributed by atoms with Gasteiger partial charge in [-0.2, -0.15) is 0 Å². The predicted octanol–water partition coefficient (Wildman–Crippen LogP) is 3.31. The van der Waals surface area contributed by atoms with Gasteiger partial charge in [0, 0.05) is 0 Å². The van der Waals surface area contributed by atoms with Crippen molar-refractivity contribution in [3.8, 4) is 0 Å². The Morgan fingerprint density at radius 3 is 2.45 bits per heavy atom. The van der Waals surface area contributed by atoms with Crippen LogP contribution < -0.4 is 0 Å². The van der Waals surface area contributed by atoms with Gasteiger partial charge >= 0.3 is 0 Å². The summed E-state index contributed by atoms with van der Waals surface area (Å²) in [5.74, 6) is 0. The summed E-state index contributed by atoms with van der Waals surface area (Å²) in [6.45, 7) is 5.91. The van der Waals surface area contributed by atoms with Crippen molar-refractivity contribution in [2.45, 2.75) is 13.3 Å². The summed E-state index contributed by atoms with van der Waals surface area (Å²) < 4.78 is 0. The number of hydrogen-bond donors (Lipinski definition) is 0. The molecule has 0 aliphatic carbocycles. The van der Waals surface area contributed by atoms with Crippen molar-refractivity contribution in [3.05, 3.63) is 48.9 Å². The molecule has 0 amide bonds. The molecule has 0 spiro atoms. The maximum atomic E-state index is 3.86. The fourth-order valence-corrected chi connectivity index (χ4v) is 1.11. The smallest absolute Gasteiger partial charge is 0.0228 e. The van der Waals surface area contributed by atoms with Gasteiger partial charge in [0.2, 0.25) is 0 Å².